The normalized spacial score (nSPS) is 16.2. The number of halogens is 4. The Morgan fingerprint density at radius 2 is 1.73 bits per heavy atom. The van der Waals surface area contributed by atoms with E-state index in [0.717, 1.165) is 10.7 Å². The average molecular weight is 535 g/mol. The third-order valence-electron chi connectivity index (χ3n) is 6.25. The lowest BCUT2D eigenvalue weighted by Gasteiger charge is -2.37. The highest BCUT2D eigenvalue weighted by Crippen LogP contribution is 2.35. The van der Waals surface area contributed by atoms with Crippen LogP contribution in [0.2, 0.25) is 5.02 Å². The maximum absolute atomic E-state index is 13.5. The first-order chi connectivity index (χ1) is 17.3. The van der Waals surface area contributed by atoms with Crippen LogP contribution < -0.4 is 0 Å². The standard InChI is InChI=1S/C26H26ClF3N4O3/c1-25(2,3)33(24(36)37)18-12-13-32(15-18)23(35)17-10-8-16(9-11-17)21-14-22(26(28,29)30)31-34(21)20-7-5-4-6-19(20)27/h4-11,14,18H,12-13,15H2,1-3H3,(H,36,37). The molecule has 1 aliphatic rings. The van der Waals surface area contributed by atoms with Crippen molar-refractivity contribution in [3.8, 4) is 16.9 Å². The van der Waals surface area contributed by atoms with E-state index in [1.165, 1.54) is 4.90 Å². The van der Waals surface area contributed by atoms with Crippen LogP contribution >= 0.6 is 11.6 Å². The predicted octanol–water partition coefficient (Wildman–Crippen LogP) is 6.20. The van der Waals surface area contributed by atoms with Gasteiger partial charge in [-0.25, -0.2) is 9.48 Å². The predicted molar refractivity (Wildman–Crippen MR) is 133 cm³/mol. The molecule has 2 heterocycles. The third kappa shape index (κ3) is 5.44. The van der Waals surface area contributed by atoms with Gasteiger partial charge in [-0.05, 0) is 57.5 Å². The van der Waals surface area contributed by atoms with Crippen molar-refractivity contribution in [3.63, 3.8) is 0 Å². The molecule has 1 saturated heterocycles. The molecule has 4 rings (SSSR count). The van der Waals surface area contributed by atoms with Gasteiger partial charge in [-0.15, -0.1) is 0 Å². The molecule has 1 N–H and O–H groups in total. The number of carbonyl (C=O) groups excluding carboxylic acids is 1. The van der Waals surface area contributed by atoms with Crippen LogP contribution in [0.5, 0.6) is 0 Å². The Kier molecular flexibility index (Phi) is 6.98. The Morgan fingerprint density at radius 3 is 2.30 bits per heavy atom. The van der Waals surface area contributed by atoms with Crippen molar-refractivity contribution in [1.82, 2.24) is 19.6 Å². The molecule has 37 heavy (non-hydrogen) atoms. The van der Waals surface area contributed by atoms with Crippen LogP contribution in [0.3, 0.4) is 0 Å². The number of para-hydroxylation sites is 1. The number of nitrogens with zero attached hydrogens (tertiary/aromatic N) is 4. The maximum Gasteiger partial charge on any atom is 0.435 e. The van der Waals surface area contributed by atoms with Gasteiger partial charge in [0.05, 0.1) is 22.4 Å². The molecule has 2 aromatic carbocycles. The molecule has 7 nitrogen and oxygen atoms in total. The first-order valence-electron chi connectivity index (χ1n) is 11.6. The summed E-state index contributed by atoms with van der Waals surface area (Å²) in [5.74, 6) is -0.274. The highest BCUT2D eigenvalue weighted by Gasteiger charge is 2.39. The minimum Gasteiger partial charge on any atom is -0.465 e. The molecule has 11 heteroatoms. The molecule has 1 unspecified atom stereocenters. The Labute approximate surface area is 217 Å². The van der Waals surface area contributed by atoms with Crippen LogP contribution in [0.25, 0.3) is 16.9 Å². The van der Waals surface area contributed by atoms with Crippen molar-refractivity contribution >= 4 is 23.6 Å². The van der Waals surface area contributed by atoms with E-state index in [9.17, 15) is 27.9 Å². The highest BCUT2D eigenvalue weighted by atomic mass is 35.5. The maximum atomic E-state index is 13.5. The van der Waals surface area contributed by atoms with Crippen LogP contribution in [0.1, 0.15) is 43.2 Å². The SMILES string of the molecule is CC(C)(C)N(C(=O)O)C1CCN(C(=O)c2ccc(-c3cc(C(F)(F)F)nn3-c3ccccc3Cl)cc2)C1. The van der Waals surface area contributed by atoms with Gasteiger partial charge in [0, 0.05) is 29.8 Å². The van der Waals surface area contributed by atoms with Crippen LogP contribution in [0.15, 0.2) is 54.6 Å². The Bertz CT molecular complexity index is 1320. The Hall–Kier alpha value is -3.53. The lowest BCUT2D eigenvalue weighted by atomic mass is 10.0. The second-order valence-electron chi connectivity index (χ2n) is 9.87. The molecular formula is C26H26ClF3N4O3. The smallest absolute Gasteiger partial charge is 0.435 e. The van der Waals surface area contributed by atoms with Crippen LogP contribution in [0.4, 0.5) is 18.0 Å². The molecule has 0 spiro atoms. The van der Waals surface area contributed by atoms with Gasteiger partial charge in [-0.1, -0.05) is 35.9 Å². The third-order valence-corrected chi connectivity index (χ3v) is 6.57. The van der Waals surface area contributed by atoms with Gasteiger partial charge in [0.1, 0.15) is 0 Å². The molecule has 1 atom stereocenters. The van der Waals surface area contributed by atoms with Gasteiger partial charge in [-0.2, -0.15) is 18.3 Å². The van der Waals surface area contributed by atoms with Gasteiger partial charge >= 0.3 is 12.3 Å². The number of hydrogen-bond acceptors (Lipinski definition) is 3. The summed E-state index contributed by atoms with van der Waals surface area (Å²) in [5.41, 5.74) is -0.447. The van der Waals surface area contributed by atoms with Crippen molar-refractivity contribution in [2.75, 3.05) is 13.1 Å². The molecule has 2 amide bonds. The van der Waals surface area contributed by atoms with E-state index in [0.29, 0.717) is 29.8 Å². The lowest BCUT2D eigenvalue weighted by Crippen LogP contribution is -2.52. The van der Waals surface area contributed by atoms with Gasteiger partial charge in [0.25, 0.3) is 5.91 Å². The van der Waals surface area contributed by atoms with Crippen molar-refractivity contribution < 1.29 is 27.9 Å². The zero-order valence-electron chi connectivity index (χ0n) is 20.5. The summed E-state index contributed by atoms with van der Waals surface area (Å²) in [6.07, 6.45) is -5.17. The van der Waals surface area contributed by atoms with Crippen LogP contribution in [-0.2, 0) is 6.18 Å². The lowest BCUT2D eigenvalue weighted by molar-refractivity contribution is -0.141. The number of rotatable bonds is 4. The summed E-state index contributed by atoms with van der Waals surface area (Å²) < 4.78 is 41.5. The van der Waals surface area contributed by atoms with E-state index in [1.807, 2.05) is 20.8 Å². The van der Waals surface area contributed by atoms with Crippen molar-refractivity contribution in [3.05, 3.63) is 70.9 Å². The fraction of sp³-hybridized carbons (Fsp3) is 0.346. The molecule has 0 saturated carbocycles. The van der Waals surface area contributed by atoms with Crippen molar-refractivity contribution in [2.24, 2.45) is 0 Å². The van der Waals surface area contributed by atoms with Gasteiger partial charge in [0.2, 0.25) is 0 Å². The van der Waals surface area contributed by atoms with Gasteiger partial charge in [0.15, 0.2) is 5.69 Å². The molecule has 0 radical (unpaired) electrons. The molecule has 1 fully saturated rings. The Morgan fingerprint density at radius 1 is 1.08 bits per heavy atom. The minimum absolute atomic E-state index is 0.169. The molecule has 1 aliphatic heterocycles. The molecule has 0 aliphatic carbocycles. The fourth-order valence-corrected chi connectivity index (χ4v) is 4.84. The van der Waals surface area contributed by atoms with Crippen LogP contribution in [-0.4, -0.2) is 61.4 Å². The Balaban J connectivity index is 1.60. The molecule has 1 aromatic heterocycles. The monoisotopic (exact) mass is 534 g/mol. The second kappa shape index (κ2) is 9.74. The van der Waals surface area contributed by atoms with E-state index in [4.69, 9.17) is 11.6 Å². The number of carboxylic acid groups (broad SMARTS) is 1. The quantitative estimate of drug-likeness (QED) is 0.432. The molecular weight excluding hydrogens is 509 g/mol. The number of benzene rings is 2. The second-order valence-corrected chi connectivity index (χ2v) is 10.3. The first kappa shape index (κ1) is 26.5. The number of amides is 2. The minimum atomic E-state index is -4.65. The topological polar surface area (TPSA) is 78.7 Å². The van der Waals surface area contributed by atoms with Gasteiger partial charge < -0.3 is 10.0 Å². The summed E-state index contributed by atoms with van der Waals surface area (Å²) in [5, 5.41) is 13.6. The van der Waals surface area contributed by atoms with Crippen molar-refractivity contribution in [2.45, 2.75) is 44.9 Å². The van der Waals surface area contributed by atoms with E-state index < -0.39 is 23.5 Å². The molecule has 3 aromatic rings. The van der Waals surface area contributed by atoms with E-state index >= 15 is 0 Å². The summed E-state index contributed by atoms with van der Waals surface area (Å²) >= 11 is 6.23. The zero-order valence-corrected chi connectivity index (χ0v) is 21.2. The summed E-state index contributed by atoms with van der Waals surface area (Å²) in [6.45, 7) is 6.09. The number of carbonyl (C=O) groups is 2. The van der Waals surface area contributed by atoms with E-state index in [1.54, 1.807) is 53.4 Å². The van der Waals surface area contributed by atoms with Crippen LogP contribution in [0, 0.1) is 0 Å². The number of alkyl halides is 3. The van der Waals surface area contributed by atoms with Crippen molar-refractivity contribution in [1.29, 1.82) is 0 Å². The van der Waals surface area contributed by atoms with E-state index in [-0.39, 0.29) is 29.2 Å². The molecule has 196 valence electrons. The van der Waals surface area contributed by atoms with E-state index in [2.05, 4.69) is 5.10 Å². The molecule has 0 bridgehead atoms. The number of likely N-dealkylation sites (tertiary alicyclic amines) is 1. The zero-order chi connectivity index (χ0) is 27.1. The highest BCUT2D eigenvalue weighted by molar-refractivity contribution is 6.32. The fourth-order valence-electron chi connectivity index (χ4n) is 4.63. The largest absolute Gasteiger partial charge is 0.465 e. The summed E-state index contributed by atoms with van der Waals surface area (Å²) in [6, 6.07) is 13.3. The number of aromatic nitrogens is 2. The average Bonchev–Trinajstić information content (AvgIpc) is 3.46. The summed E-state index contributed by atoms with van der Waals surface area (Å²) in [7, 11) is 0. The first-order valence-corrected chi connectivity index (χ1v) is 12.0. The van der Waals surface area contributed by atoms with Gasteiger partial charge in [-0.3, -0.25) is 9.69 Å². The summed E-state index contributed by atoms with van der Waals surface area (Å²) in [4.78, 5) is 27.9. The number of hydrogen-bond donors (Lipinski definition) is 1.